The van der Waals surface area contributed by atoms with E-state index in [1.165, 1.54) is 24.3 Å². The molecule has 2 atom stereocenters. The van der Waals surface area contributed by atoms with Crippen molar-refractivity contribution in [3.63, 3.8) is 0 Å². The lowest BCUT2D eigenvalue weighted by atomic mass is 9.73. The van der Waals surface area contributed by atoms with Gasteiger partial charge in [-0.2, -0.15) is 0 Å². The van der Waals surface area contributed by atoms with Crippen LogP contribution in [-0.4, -0.2) is 22.3 Å². The monoisotopic (exact) mass is 431 g/mol. The highest BCUT2D eigenvalue weighted by atomic mass is 19.4. The maximum Gasteiger partial charge on any atom is 0.573 e. The van der Waals surface area contributed by atoms with E-state index in [0.29, 0.717) is 40.4 Å². The van der Waals surface area contributed by atoms with E-state index < -0.39 is 17.8 Å². The van der Waals surface area contributed by atoms with Gasteiger partial charge in [-0.05, 0) is 36.2 Å². The summed E-state index contributed by atoms with van der Waals surface area (Å²) in [5.74, 6) is -0.273. The predicted octanol–water partition coefficient (Wildman–Crippen LogP) is 4.15. The number of halogens is 3. The van der Waals surface area contributed by atoms with Crippen LogP contribution in [-0.2, 0) is 4.79 Å². The Morgan fingerprint density at radius 1 is 1.03 bits per heavy atom. The second kappa shape index (κ2) is 6.93. The fourth-order valence-corrected chi connectivity index (χ4v) is 4.34. The Kier molecular flexibility index (Phi) is 4.31. The van der Waals surface area contributed by atoms with E-state index in [-0.39, 0.29) is 23.9 Å². The van der Waals surface area contributed by atoms with Crippen LogP contribution in [0.3, 0.4) is 0 Å². The van der Waals surface area contributed by atoms with Gasteiger partial charge in [0.15, 0.2) is 5.78 Å². The summed E-state index contributed by atoms with van der Waals surface area (Å²) in [6.07, 6.45) is -2.56. The van der Waals surface area contributed by atoms with Crippen LogP contribution >= 0.6 is 0 Å². The first-order valence-electron chi connectivity index (χ1n) is 9.53. The van der Waals surface area contributed by atoms with Crippen molar-refractivity contribution in [2.24, 2.45) is 0 Å². The topological polar surface area (TPSA) is 100 Å². The number of anilines is 1. The SMILES string of the molecule is O=C1CC(c2ccco2)CC2=C1C(c1ccc(OC(F)(F)F)cc1)c1c([nH][nH]c1=O)N2. The Labute approximate surface area is 172 Å². The molecule has 3 N–H and O–H groups in total. The van der Waals surface area contributed by atoms with Gasteiger partial charge in [0.1, 0.15) is 17.3 Å². The molecule has 160 valence electrons. The van der Waals surface area contributed by atoms with Gasteiger partial charge in [-0.15, -0.1) is 13.2 Å². The smallest absolute Gasteiger partial charge is 0.469 e. The zero-order valence-corrected chi connectivity index (χ0v) is 15.9. The summed E-state index contributed by atoms with van der Waals surface area (Å²) in [6, 6.07) is 8.78. The molecule has 31 heavy (non-hydrogen) atoms. The van der Waals surface area contributed by atoms with Crippen LogP contribution in [0.25, 0.3) is 0 Å². The Hall–Kier alpha value is -3.69. The third-order valence-electron chi connectivity index (χ3n) is 5.57. The molecule has 0 saturated carbocycles. The third-order valence-corrected chi connectivity index (χ3v) is 5.57. The highest BCUT2D eigenvalue weighted by Gasteiger charge is 2.41. The molecule has 2 unspecified atom stereocenters. The van der Waals surface area contributed by atoms with E-state index in [2.05, 4.69) is 20.3 Å². The number of aromatic nitrogens is 2. The van der Waals surface area contributed by atoms with Gasteiger partial charge in [0.2, 0.25) is 0 Å². The van der Waals surface area contributed by atoms with Crippen LogP contribution in [0.1, 0.15) is 41.6 Å². The van der Waals surface area contributed by atoms with Crippen LogP contribution in [0.5, 0.6) is 5.75 Å². The highest BCUT2D eigenvalue weighted by molar-refractivity contribution is 6.01. The van der Waals surface area contributed by atoms with Crippen molar-refractivity contribution in [2.45, 2.75) is 31.0 Å². The molecule has 5 rings (SSSR count). The van der Waals surface area contributed by atoms with Crippen molar-refractivity contribution in [1.82, 2.24) is 10.2 Å². The number of ether oxygens (including phenoxy) is 1. The first kappa shape index (κ1) is 19.3. The number of furan rings is 1. The largest absolute Gasteiger partial charge is 0.573 e. The lowest BCUT2D eigenvalue weighted by molar-refractivity contribution is -0.274. The Balaban J connectivity index is 1.57. The molecule has 1 aromatic carbocycles. The number of aromatic amines is 2. The summed E-state index contributed by atoms with van der Waals surface area (Å²) < 4.78 is 46.9. The molecule has 1 aliphatic heterocycles. The second-order valence-electron chi connectivity index (χ2n) is 7.48. The molecule has 0 bridgehead atoms. The van der Waals surface area contributed by atoms with E-state index in [1.807, 2.05) is 6.07 Å². The van der Waals surface area contributed by atoms with E-state index >= 15 is 0 Å². The number of H-pyrrole nitrogens is 2. The molecular weight excluding hydrogens is 415 g/mol. The van der Waals surface area contributed by atoms with E-state index in [4.69, 9.17) is 4.42 Å². The molecule has 0 fully saturated rings. The number of rotatable bonds is 3. The minimum atomic E-state index is -4.81. The Bertz CT molecular complexity index is 1220. The maximum absolute atomic E-state index is 13.2. The quantitative estimate of drug-likeness (QED) is 0.579. The van der Waals surface area contributed by atoms with Gasteiger partial charge >= 0.3 is 6.36 Å². The minimum absolute atomic E-state index is 0.149. The van der Waals surface area contributed by atoms with Crippen molar-refractivity contribution in [3.05, 3.63) is 81.2 Å². The average Bonchev–Trinajstić information content (AvgIpc) is 3.36. The number of Topliss-reactive ketones (excluding diaryl/α,β-unsaturated/α-hetero) is 1. The van der Waals surface area contributed by atoms with Crippen molar-refractivity contribution in [2.75, 3.05) is 5.32 Å². The summed E-state index contributed by atoms with van der Waals surface area (Å²) in [6.45, 7) is 0. The van der Waals surface area contributed by atoms with Crippen LogP contribution in [0, 0.1) is 0 Å². The lowest BCUT2D eigenvalue weighted by Crippen LogP contribution is -2.31. The number of fused-ring (bicyclic) bond motifs is 1. The molecule has 3 aromatic rings. The molecule has 3 heterocycles. The lowest BCUT2D eigenvalue weighted by Gasteiger charge is -2.34. The fraction of sp³-hybridized carbons (Fsp3) is 0.238. The summed E-state index contributed by atoms with van der Waals surface area (Å²) in [5, 5.41) is 8.43. The number of carbonyl (C=O) groups is 1. The standard InChI is InChI=1S/C21H16F3N3O4/c22-21(23,24)31-12-5-3-10(4-6-12)16-17-13(25-19-18(16)20(29)27-26-19)8-11(9-14(17)28)15-2-1-7-30-15/h1-7,11,16H,8-9H2,(H3,25,26,27,29). The summed E-state index contributed by atoms with van der Waals surface area (Å²) in [7, 11) is 0. The number of alkyl halides is 3. The van der Waals surface area contributed by atoms with Crippen molar-refractivity contribution < 1.29 is 27.1 Å². The summed E-state index contributed by atoms with van der Waals surface area (Å²) >= 11 is 0. The van der Waals surface area contributed by atoms with E-state index in [0.717, 1.165) is 0 Å². The minimum Gasteiger partial charge on any atom is -0.469 e. The van der Waals surface area contributed by atoms with Gasteiger partial charge in [-0.1, -0.05) is 12.1 Å². The van der Waals surface area contributed by atoms with Crippen molar-refractivity contribution in [3.8, 4) is 5.75 Å². The first-order valence-corrected chi connectivity index (χ1v) is 9.53. The number of hydrogen-bond acceptors (Lipinski definition) is 5. The zero-order valence-electron chi connectivity index (χ0n) is 15.9. The summed E-state index contributed by atoms with van der Waals surface area (Å²) in [5.41, 5.74) is 1.51. The van der Waals surface area contributed by atoms with Crippen molar-refractivity contribution in [1.29, 1.82) is 0 Å². The molecule has 10 heteroatoms. The first-order chi connectivity index (χ1) is 14.8. The Morgan fingerprint density at radius 2 is 1.81 bits per heavy atom. The van der Waals surface area contributed by atoms with Gasteiger partial charge in [0.05, 0.1) is 11.8 Å². The number of ketones is 1. The van der Waals surface area contributed by atoms with Crippen LogP contribution in [0.15, 0.2) is 63.1 Å². The maximum atomic E-state index is 13.2. The third kappa shape index (κ3) is 3.43. The predicted molar refractivity (Wildman–Crippen MR) is 103 cm³/mol. The van der Waals surface area contributed by atoms with Gasteiger partial charge < -0.3 is 14.5 Å². The Morgan fingerprint density at radius 3 is 2.48 bits per heavy atom. The highest BCUT2D eigenvalue weighted by Crippen LogP contribution is 2.46. The van der Waals surface area contributed by atoms with Crippen molar-refractivity contribution >= 4 is 11.6 Å². The summed E-state index contributed by atoms with van der Waals surface area (Å²) in [4.78, 5) is 25.7. The van der Waals surface area contributed by atoms with E-state index in [1.54, 1.807) is 12.3 Å². The second-order valence-corrected chi connectivity index (χ2v) is 7.48. The van der Waals surface area contributed by atoms with Crippen LogP contribution < -0.4 is 15.6 Å². The van der Waals surface area contributed by atoms with Gasteiger partial charge in [0, 0.05) is 29.5 Å². The molecule has 0 saturated heterocycles. The number of allylic oxidation sites excluding steroid dienone is 2. The molecular formula is C21H16F3N3O4. The van der Waals surface area contributed by atoms with E-state index in [9.17, 15) is 22.8 Å². The normalized spacial score (nSPS) is 20.8. The average molecular weight is 431 g/mol. The molecule has 0 spiro atoms. The number of nitrogens with one attached hydrogen (secondary N) is 3. The molecule has 2 aromatic heterocycles. The van der Waals surface area contributed by atoms with Crippen LogP contribution in [0.2, 0.25) is 0 Å². The fourth-order valence-electron chi connectivity index (χ4n) is 4.34. The molecule has 2 aliphatic rings. The zero-order chi connectivity index (χ0) is 21.8. The molecule has 7 nitrogen and oxygen atoms in total. The molecule has 1 aliphatic carbocycles. The van der Waals surface area contributed by atoms with Gasteiger partial charge in [-0.3, -0.25) is 19.8 Å². The number of carbonyl (C=O) groups excluding carboxylic acids is 1. The molecule has 0 amide bonds. The van der Waals surface area contributed by atoms with Gasteiger partial charge in [0.25, 0.3) is 5.56 Å². The molecule has 0 radical (unpaired) electrons. The number of hydrogen-bond donors (Lipinski definition) is 3. The van der Waals surface area contributed by atoms with Crippen LogP contribution in [0.4, 0.5) is 19.0 Å². The number of benzene rings is 1. The van der Waals surface area contributed by atoms with Gasteiger partial charge in [-0.25, -0.2) is 0 Å².